The molecule has 1 saturated heterocycles. The number of likely N-dealkylation sites (tertiary alicyclic amines) is 1. The number of pyridine rings is 1. The van der Waals surface area contributed by atoms with Crippen LogP contribution in [0.3, 0.4) is 0 Å². The van der Waals surface area contributed by atoms with E-state index < -0.39 is 0 Å². The Morgan fingerprint density at radius 3 is 3.10 bits per heavy atom. The van der Waals surface area contributed by atoms with Gasteiger partial charge in [-0.1, -0.05) is 5.16 Å². The third kappa shape index (κ3) is 3.34. The molecule has 21 heavy (non-hydrogen) atoms. The van der Waals surface area contributed by atoms with E-state index in [9.17, 15) is 9.59 Å². The van der Waals surface area contributed by atoms with E-state index in [1.165, 1.54) is 7.05 Å². The van der Waals surface area contributed by atoms with E-state index >= 15 is 0 Å². The summed E-state index contributed by atoms with van der Waals surface area (Å²) < 4.78 is 0. The zero-order valence-electron chi connectivity index (χ0n) is 11.6. The summed E-state index contributed by atoms with van der Waals surface area (Å²) in [4.78, 5) is 28.5. The Hall–Kier alpha value is -2.48. The van der Waals surface area contributed by atoms with Gasteiger partial charge in [-0.15, -0.1) is 0 Å². The van der Waals surface area contributed by atoms with Crippen molar-refractivity contribution in [2.75, 3.05) is 7.05 Å². The van der Waals surface area contributed by atoms with Gasteiger partial charge in [0.05, 0.1) is 6.04 Å². The zero-order valence-corrected chi connectivity index (χ0v) is 11.6. The second-order valence-electron chi connectivity index (χ2n) is 4.80. The van der Waals surface area contributed by atoms with Gasteiger partial charge >= 0.3 is 0 Å². The van der Waals surface area contributed by atoms with Gasteiger partial charge in [0, 0.05) is 26.2 Å². The van der Waals surface area contributed by atoms with Crippen LogP contribution in [-0.2, 0) is 16.1 Å². The molecule has 0 aliphatic carbocycles. The summed E-state index contributed by atoms with van der Waals surface area (Å²) in [7, 11) is 1.49. The first kappa shape index (κ1) is 14.9. The van der Waals surface area contributed by atoms with Crippen molar-refractivity contribution in [3.63, 3.8) is 0 Å². The van der Waals surface area contributed by atoms with Crippen LogP contribution in [0.4, 0.5) is 0 Å². The SMILES string of the molecule is CN1C(=O)CCC(NCc2ccnc(C(N)=NO)c2)C1=O. The lowest BCUT2D eigenvalue weighted by molar-refractivity contribution is -0.148. The number of nitrogens with two attached hydrogens (primary N) is 1. The van der Waals surface area contributed by atoms with Crippen LogP contribution in [0.25, 0.3) is 0 Å². The molecule has 4 N–H and O–H groups in total. The lowest BCUT2D eigenvalue weighted by Crippen LogP contribution is -2.51. The molecule has 1 unspecified atom stereocenters. The molecular formula is C13H17N5O3. The summed E-state index contributed by atoms with van der Waals surface area (Å²) in [5, 5.41) is 14.6. The molecule has 1 atom stereocenters. The van der Waals surface area contributed by atoms with Crippen molar-refractivity contribution < 1.29 is 14.8 Å². The Bertz CT molecular complexity index is 587. The molecule has 8 nitrogen and oxygen atoms in total. The third-order valence-electron chi connectivity index (χ3n) is 3.40. The highest BCUT2D eigenvalue weighted by atomic mass is 16.4. The molecule has 0 saturated carbocycles. The number of amides is 2. The summed E-state index contributed by atoms with van der Waals surface area (Å²) in [6.07, 6.45) is 2.38. The standard InChI is InChI=1S/C13H17N5O3/c1-18-11(19)3-2-9(13(18)20)16-7-8-4-5-15-10(6-8)12(14)17-21/h4-6,9,16,21H,2-3,7H2,1H3,(H2,14,17). The maximum Gasteiger partial charge on any atom is 0.246 e. The van der Waals surface area contributed by atoms with E-state index in [0.717, 1.165) is 10.5 Å². The number of amidine groups is 1. The second-order valence-corrected chi connectivity index (χ2v) is 4.80. The van der Waals surface area contributed by atoms with Crippen LogP contribution in [0.2, 0.25) is 0 Å². The van der Waals surface area contributed by atoms with E-state index in [-0.39, 0.29) is 23.7 Å². The fraction of sp³-hybridized carbons (Fsp3) is 0.385. The van der Waals surface area contributed by atoms with E-state index in [1.807, 2.05) is 0 Å². The summed E-state index contributed by atoms with van der Waals surface area (Å²) in [6, 6.07) is 3.06. The van der Waals surface area contributed by atoms with Crippen LogP contribution in [0, 0.1) is 0 Å². The number of carbonyl (C=O) groups excluding carboxylic acids is 2. The number of hydrogen-bond donors (Lipinski definition) is 3. The maximum absolute atomic E-state index is 11.9. The van der Waals surface area contributed by atoms with Crippen LogP contribution in [0.1, 0.15) is 24.1 Å². The number of nitrogens with one attached hydrogen (secondary N) is 1. The number of rotatable bonds is 4. The highest BCUT2D eigenvalue weighted by Crippen LogP contribution is 2.12. The molecule has 0 radical (unpaired) electrons. The average Bonchev–Trinajstić information content (AvgIpc) is 2.51. The third-order valence-corrected chi connectivity index (χ3v) is 3.40. The van der Waals surface area contributed by atoms with Gasteiger partial charge in [0.2, 0.25) is 11.8 Å². The first-order valence-electron chi connectivity index (χ1n) is 6.49. The molecule has 1 aliphatic heterocycles. The van der Waals surface area contributed by atoms with Crippen molar-refractivity contribution in [3.05, 3.63) is 29.6 Å². The lowest BCUT2D eigenvalue weighted by Gasteiger charge is -2.28. The molecule has 2 heterocycles. The predicted molar refractivity (Wildman–Crippen MR) is 74.4 cm³/mol. The van der Waals surface area contributed by atoms with Crippen LogP contribution in [0.15, 0.2) is 23.5 Å². The molecule has 112 valence electrons. The van der Waals surface area contributed by atoms with Crippen molar-refractivity contribution in [3.8, 4) is 0 Å². The summed E-state index contributed by atoms with van der Waals surface area (Å²) in [5.74, 6) is -0.455. The smallest absolute Gasteiger partial charge is 0.246 e. The number of piperidine rings is 1. The van der Waals surface area contributed by atoms with E-state index in [1.54, 1.807) is 18.3 Å². The Balaban J connectivity index is 2.00. The molecule has 8 heteroatoms. The fourth-order valence-electron chi connectivity index (χ4n) is 2.12. The molecule has 0 bridgehead atoms. The monoisotopic (exact) mass is 291 g/mol. The van der Waals surface area contributed by atoms with Crippen molar-refractivity contribution in [2.24, 2.45) is 10.9 Å². The number of carbonyl (C=O) groups is 2. The summed E-state index contributed by atoms with van der Waals surface area (Å²) >= 11 is 0. The molecule has 0 aromatic carbocycles. The first-order chi connectivity index (χ1) is 10.0. The van der Waals surface area contributed by atoms with E-state index in [4.69, 9.17) is 10.9 Å². The molecule has 0 spiro atoms. The molecule has 1 aromatic heterocycles. The van der Waals surface area contributed by atoms with Gasteiger partial charge in [-0.3, -0.25) is 19.5 Å². The molecule has 1 fully saturated rings. The fourth-order valence-corrected chi connectivity index (χ4v) is 2.12. The first-order valence-corrected chi connectivity index (χ1v) is 6.49. The molecule has 1 aromatic rings. The number of imide groups is 1. The highest BCUT2D eigenvalue weighted by Gasteiger charge is 2.31. The highest BCUT2D eigenvalue weighted by molar-refractivity contribution is 6.00. The van der Waals surface area contributed by atoms with Gasteiger partial charge in [-0.05, 0) is 24.1 Å². The van der Waals surface area contributed by atoms with Crippen LogP contribution in [0.5, 0.6) is 0 Å². The Morgan fingerprint density at radius 2 is 2.38 bits per heavy atom. The lowest BCUT2D eigenvalue weighted by atomic mass is 10.0. The normalized spacial score (nSPS) is 20.0. The Kier molecular flexibility index (Phi) is 4.49. The number of aromatic nitrogens is 1. The van der Waals surface area contributed by atoms with Gasteiger partial charge in [0.15, 0.2) is 5.84 Å². The van der Waals surface area contributed by atoms with Crippen molar-refractivity contribution in [1.82, 2.24) is 15.2 Å². The topological polar surface area (TPSA) is 121 Å². The van der Waals surface area contributed by atoms with Crippen LogP contribution in [-0.4, -0.2) is 45.8 Å². The Labute approximate surface area is 121 Å². The zero-order chi connectivity index (χ0) is 15.4. The van der Waals surface area contributed by atoms with Crippen LogP contribution >= 0.6 is 0 Å². The maximum atomic E-state index is 11.9. The summed E-state index contributed by atoms with van der Waals surface area (Å²) in [6.45, 7) is 0.423. The molecule has 2 amide bonds. The minimum atomic E-state index is -0.381. The van der Waals surface area contributed by atoms with Gasteiger partial charge in [-0.2, -0.15) is 0 Å². The number of oxime groups is 1. The Morgan fingerprint density at radius 1 is 1.62 bits per heavy atom. The summed E-state index contributed by atoms with van der Waals surface area (Å²) in [5.41, 5.74) is 6.68. The predicted octanol–water partition coefficient (Wildman–Crippen LogP) is -0.587. The largest absolute Gasteiger partial charge is 0.409 e. The minimum absolute atomic E-state index is 0.0732. The van der Waals surface area contributed by atoms with Crippen LogP contribution < -0.4 is 11.1 Å². The molecule has 2 rings (SSSR count). The number of likely N-dealkylation sites (N-methyl/N-ethyl adjacent to an activating group) is 1. The van der Waals surface area contributed by atoms with Crippen molar-refractivity contribution in [1.29, 1.82) is 0 Å². The second kappa shape index (κ2) is 6.31. The minimum Gasteiger partial charge on any atom is -0.409 e. The van der Waals surface area contributed by atoms with Gasteiger partial charge in [0.1, 0.15) is 5.69 Å². The van der Waals surface area contributed by atoms with E-state index in [0.29, 0.717) is 25.1 Å². The quantitative estimate of drug-likeness (QED) is 0.224. The van der Waals surface area contributed by atoms with Gasteiger partial charge in [0.25, 0.3) is 0 Å². The van der Waals surface area contributed by atoms with Gasteiger partial charge < -0.3 is 16.3 Å². The van der Waals surface area contributed by atoms with Gasteiger partial charge in [-0.25, -0.2) is 0 Å². The van der Waals surface area contributed by atoms with Crippen molar-refractivity contribution >= 4 is 17.6 Å². The molecule has 1 aliphatic rings. The van der Waals surface area contributed by atoms with Crippen molar-refractivity contribution in [2.45, 2.75) is 25.4 Å². The number of nitrogens with zero attached hydrogens (tertiary/aromatic N) is 3. The van der Waals surface area contributed by atoms with E-state index in [2.05, 4.69) is 15.5 Å². The average molecular weight is 291 g/mol. The number of hydrogen-bond acceptors (Lipinski definition) is 6. The molecular weight excluding hydrogens is 274 g/mol.